The van der Waals surface area contributed by atoms with Crippen LogP contribution in [0.3, 0.4) is 0 Å². The fourth-order valence-electron chi connectivity index (χ4n) is 3.73. The molecule has 1 aliphatic heterocycles. The fourth-order valence-corrected chi connectivity index (χ4v) is 3.73. The van der Waals surface area contributed by atoms with E-state index in [0.29, 0.717) is 36.0 Å². The van der Waals surface area contributed by atoms with E-state index in [9.17, 15) is 4.79 Å². The highest BCUT2D eigenvalue weighted by atomic mass is 16.6. The maximum atomic E-state index is 12.8. The number of benzene rings is 2. The molecule has 0 saturated heterocycles. The summed E-state index contributed by atoms with van der Waals surface area (Å²) in [5.74, 6) is 1.21. The molecule has 1 aromatic heterocycles. The van der Waals surface area contributed by atoms with Gasteiger partial charge in [-0.15, -0.1) is 0 Å². The van der Waals surface area contributed by atoms with Gasteiger partial charge in [-0.05, 0) is 60.7 Å². The molecule has 0 unspecified atom stereocenters. The molecule has 1 aliphatic carbocycles. The van der Waals surface area contributed by atoms with Crippen LogP contribution >= 0.6 is 0 Å². The number of nitrogens with zero attached hydrogens (tertiary/aromatic N) is 1. The molecule has 0 radical (unpaired) electrons. The minimum absolute atomic E-state index is 0.188. The minimum atomic E-state index is -0.188. The van der Waals surface area contributed by atoms with Crippen LogP contribution in [0.4, 0.5) is 5.69 Å². The summed E-state index contributed by atoms with van der Waals surface area (Å²) >= 11 is 0. The lowest BCUT2D eigenvalue weighted by Gasteiger charge is -2.18. The number of hydrogen-bond donors (Lipinski definition) is 2. The third kappa shape index (κ3) is 2.93. The average molecular weight is 361 g/mol. The van der Waals surface area contributed by atoms with Gasteiger partial charge in [0.2, 0.25) is 0 Å². The maximum Gasteiger partial charge on any atom is 0.259 e. The van der Waals surface area contributed by atoms with Crippen LogP contribution in [0.25, 0.3) is 11.3 Å². The van der Waals surface area contributed by atoms with Gasteiger partial charge in [0.15, 0.2) is 11.5 Å². The molecular weight excluding hydrogens is 342 g/mol. The molecule has 0 atom stereocenters. The zero-order valence-electron chi connectivity index (χ0n) is 14.7. The summed E-state index contributed by atoms with van der Waals surface area (Å²) in [6.45, 7) is 1.07. The van der Waals surface area contributed by atoms with E-state index in [1.165, 1.54) is 17.5 Å². The molecule has 6 heteroatoms. The lowest BCUT2D eigenvalue weighted by molar-refractivity contribution is 0.102. The summed E-state index contributed by atoms with van der Waals surface area (Å²) in [7, 11) is 0. The lowest BCUT2D eigenvalue weighted by Crippen LogP contribution is -2.15. The van der Waals surface area contributed by atoms with Crippen molar-refractivity contribution < 1.29 is 14.3 Å². The van der Waals surface area contributed by atoms with E-state index >= 15 is 0 Å². The molecule has 6 nitrogen and oxygen atoms in total. The maximum absolute atomic E-state index is 12.8. The molecule has 5 rings (SSSR count). The van der Waals surface area contributed by atoms with Gasteiger partial charge in [-0.3, -0.25) is 9.89 Å². The standard InChI is InChI=1S/C21H19N3O3/c25-21(23-16-6-4-13-2-1-3-14(13)10-16)17-12-22-24-20(17)15-5-7-18-19(11-15)27-9-8-26-18/h4-7,10-12H,1-3,8-9H2,(H,22,24)(H,23,25). The second-order valence-corrected chi connectivity index (χ2v) is 6.81. The summed E-state index contributed by atoms with van der Waals surface area (Å²) in [4.78, 5) is 12.8. The lowest BCUT2D eigenvalue weighted by atomic mass is 10.1. The Hall–Kier alpha value is -3.28. The van der Waals surface area contributed by atoms with Crippen molar-refractivity contribution in [3.8, 4) is 22.8 Å². The molecule has 2 aliphatic rings. The van der Waals surface area contributed by atoms with E-state index in [0.717, 1.165) is 24.1 Å². The zero-order valence-corrected chi connectivity index (χ0v) is 14.7. The van der Waals surface area contributed by atoms with E-state index in [1.54, 1.807) is 6.20 Å². The Morgan fingerprint density at radius 1 is 1.00 bits per heavy atom. The number of hydrogen-bond acceptors (Lipinski definition) is 4. The van der Waals surface area contributed by atoms with Crippen molar-refractivity contribution in [2.45, 2.75) is 19.3 Å². The van der Waals surface area contributed by atoms with Gasteiger partial charge in [-0.2, -0.15) is 5.10 Å². The first-order valence-corrected chi connectivity index (χ1v) is 9.14. The van der Waals surface area contributed by atoms with Crippen molar-refractivity contribution in [1.82, 2.24) is 10.2 Å². The molecule has 0 fully saturated rings. The predicted molar refractivity (Wildman–Crippen MR) is 101 cm³/mol. The summed E-state index contributed by atoms with van der Waals surface area (Å²) in [5, 5.41) is 9.99. The number of rotatable bonds is 3. The van der Waals surface area contributed by atoms with Crippen LogP contribution in [0.1, 0.15) is 27.9 Å². The minimum Gasteiger partial charge on any atom is -0.486 e. The average Bonchev–Trinajstić information content (AvgIpc) is 3.36. The number of amides is 1. The van der Waals surface area contributed by atoms with Gasteiger partial charge in [0.25, 0.3) is 5.91 Å². The summed E-state index contributed by atoms with van der Waals surface area (Å²) in [6.07, 6.45) is 4.93. The van der Waals surface area contributed by atoms with Gasteiger partial charge in [-0.1, -0.05) is 6.07 Å². The van der Waals surface area contributed by atoms with Gasteiger partial charge in [0, 0.05) is 11.3 Å². The molecule has 136 valence electrons. The Bertz CT molecular complexity index is 1030. The number of carbonyl (C=O) groups excluding carboxylic acids is 1. The van der Waals surface area contributed by atoms with Gasteiger partial charge < -0.3 is 14.8 Å². The van der Waals surface area contributed by atoms with Gasteiger partial charge in [-0.25, -0.2) is 0 Å². The highest BCUT2D eigenvalue weighted by Gasteiger charge is 2.19. The van der Waals surface area contributed by atoms with Crippen LogP contribution in [0.15, 0.2) is 42.6 Å². The number of anilines is 1. The third-order valence-electron chi connectivity index (χ3n) is 5.07. The normalized spacial score (nSPS) is 14.7. The SMILES string of the molecule is O=C(Nc1ccc2c(c1)CCC2)c1cn[nH]c1-c1ccc2c(c1)OCCO2. The largest absolute Gasteiger partial charge is 0.486 e. The zero-order chi connectivity index (χ0) is 18.2. The quantitative estimate of drug-likeness (QED) is 0.747. The number of carbonyl (C=O) groups is 1. The molecule has 0 spiro atoms. The van der Waals surface area contributed by atoms with Gasteiger partial charge >= 0.3 is 0 Å². The van der Waals surface area contributed by atoms with E-state index in [4.69, 9.17) is 9.47 Å². The van der Waals surface area contributed by atoms with Crippen molar-refractivity contribution in [3.05, 3.63) is 59.3 Å². The molecular formula is C21H19N3O3. The van der Waals surface area contributed by atoms with Crippen LogP contribution in [-0.2, 0) is 12.8 Å². The van der Waals surface area contributed by atoms with E-state index < -0.39 is 0 Å². The first-order chi connectivity index (χ1) is 13.3. The number of aryl methyl sites for hydroxylation is 2. The van der Waals surface area contributed by atoms with Crippen LogP contribution in [0.5, 0.6) is 11.5 Å². The first-order valence-electron chi connectivity index (χ1n) is 9.14. The Morgan fingerprint density at radius 3 is 2.78 bits per heavy atom. The van der Waals surface area contributed by atoms with Crippen LogP contribution in [0, 0.1) is 0 Å². The molecule has 2 heterocycles. The Morgan fingerprint density at radius 2 is 1.85 bits per heavy atom. The molecule has 0 bridgehead atoms. The Labute approximate surface area is 156 Å². The van der Waals surface area contributed by atoms with Crippen molar-refractivity contribution in [2.24, 2.45) is 0 Å². The van der Waals surface area contributed by atoms with Crippen molar-refractivity contribution in [1.29, 1.82) is 0 Å². The number of H-pyrrole nitrogens is 1. The van der Waals surface area contributed by atoms with Crippen LogP contribution in [0.2, 0.25) is 0 Å². The summed E-state index contributed by atoms with van der Waals surface area (Å²) in [5.41, 5.74) is 5.50. The second kappa shape index (κ2) is 6.46. The summed E-state index contributed by atoms with van der Waals surface area (Å²) in [6, 6.07) is 11.8. The molecule has 2 aromatic carbocycles. The Kier molecular flexibility index (Phi) is 3.81. The van der Waals surface area contributed by atoms with Crippen molar-refractivity contribution >= 4 is 11.6 Å². The number of fused-ring (bicyclic) bond motifs is 2. The molecule has 0 saturated carbocycles. The van der Waals surface area contributed by atoms with E-state index in [-0.39, 0.29) is 5.91 Å². The number of nitrogens with one attached hydrogen (secondary N) is 2. The van der Waals surface area contributed by atoms with E-state index in [2.05, 4.69) is 27.6 Å². The van der Waals surface area contributed by atoms with Gasteiger partial charge in [0.1, 0.15) is 13.2 Å². The third-order valence-corrected chi connectivity index (χ3v) is 5.07. The highest BCUT2D eigenvalue weighted by Crippen LogP contribution is 2.35. The predicted octanol–water partition coefficient (Wildman–Crippen LogP) is 3.59. The number of ether oxygens (including phenoxy) is 2. The molecule has 3 aromatic rings. The monoisotopic (exact) mass is 361 g/mol. The smallest absolute Gasteiger partial charge is 0.259 e. The van der Waals surface area contributed by atoms with Crippen LogP contribution in [-0.4, -0.2) is 29.3 Å². The fraction of sp³-hybridized carbons (Fsp3) is 0.238. The summed E-state index contributed by atoms with van der Waals surface area (Å²) < 4.78 is 11.2. The van der Waals surface area contributed by atoms with Crippen molar-refractivity contribution in [2.75, 3.05) is 18.5 Å². The van der Waals surface area contributed by atoms with Crippen LogP contribution < -0.4 is 14.8 Å². The topological polar surface area (TPSA) is 76.2 Å². The Balaban J connectivity index is 1.42. The highest BCUT2D eigenvalue weighted by molar-refractivity contribution is 6.08. The number of aromatic amines is 1. The second-order valence-electron chi connectivity index (χ2n) is 6.81. The van der Waals surface area contributed by atoms with Crippen molar-refractivity contribution in [3.63, 3.8) is 0 Å². The molecule has 27 heavy (non-hydrogen) atoms. The first kappa shape index (κ1) is 15.9. The number of aromatic nitrogens is 2. The van der Waals surface area contributed by atoms with Gasteiger partial charge in [0.05, 0.1) is 17.5 Å². The molecule has 2 N–H and O–H groups in total. The molecule has 1 amide bonds. The van der Waals surface area contributed by atoms with E-state index in [1.807, 2.05) is 24.3 Å².